The van der Waals surface area contributed by atoms with Crippen molar-refractivity contribution < 1.29 is 0 Å². The highest BCUT2D eigenvalue weighted by Crippen LogP contribution is 1.79. The summed E-state index contributed by atoms with van der Waals surface area (Å²) in [5.74, 6) is 0. The molecule has 0 spiro atoms. The van der Waals surface area contributed by atoms with Crippen LogP contribution in [0.3, 0.4) is 0 Å². The molecule has 1 rings (SSSR count). The SMILES string of the molecule is [C]1=NCCCN1. The maximum Gasteiger partial charge on any atom is 0.164 e. The van der Waals surface area contributed by atoms with Gasteiger partial charge in [-0.15, -0.1) is 0 Å². The van der Waals surface area contributed by atoms with Crippen molar-refractivity contribution in [2.24, 2.45) is 4.99 Å². The van der Waals surface area contributed by atoms with Crippen LogP contribution >= 0.6 is 0 Å². The van der Waals surface area contributed by atoms with E-state index in [0.29, 0.717) is 0 Å². The molecule has 1 aliphatic rings. The summed E-state index contributed by atoms with van der Waals surface area (Å²) >= 11 is 0. The molecule has 33 valence electrons. The molecule has 0 bridgehead atoms. The third-order valence-electron chi connectivity index (χ3n) is 0.730. The maximum absolute atomic E-state index is 3.82. The van der Waals surface area contributed by atoms with Crippen LogP contribution in [0.15, 0.2) is 4.99 Å². The molecule has 1 aliphatic heterocycles. The molecule has 2 nitrogen and oxygen atoms in total. The molecule has 1 N–H and O–H groups in total. The summed E-state index contributed by atoms with van der Waals surface area (Å²) in [5, 5.41) is 2.87. The zero-order valence-corrected chi connectivity index (χ0v) is 3.57. The molecule has 0 aromatic rings. The van der Waals surface area contributed by atoms with E-state index in [1.807, 2.05) is 0 Å². The molecule has 2 heteroatoms. The van der Waals surface area contributed by atoms with Gasteiger partial charge in [0.2, 0.25) is 0 Å². The van der Waals surface area contributed by atoms with E-state index in [0.717, 1.165) is 19.5 Å². The summed E-state index contributed by atoms with van der Waals surface area (Å²) in [6, 6.07) is 0. The minimum absolute atomic E-state index is 0.951. The quantitative estimate of drug-likeness (QED) is 0.434. The predicted molar refractivity (Wildman–Crippen MR) is 24.9 cm³/mol. The van der Waals surface area contributed by atoms with Gasteiger partial charge in [0.1, 0.15) is 0 Å². The van der Waals surface area contributed by atoms with E-state index in [1.54, 1.807) is 0 Å². The lowest BCUT2D eigenvalue weighted by molar-refractivity contribution is 0.755. The lowest BCUT2D eigenvalue weighted by Crippen LogP contribution is -2.17. The number of nitrogens with zero attached hydrogens (tertiary/aromatic N) is 1. The lowest BCUT2D eigenvalue weighted by Gasteiger charge is -2.00. The summed E-state index contributed by atoms with van der Waals surface area (Å²) in [6.45, 7) is 2.00. The number of nitrogens with one attached hydrogen (secondary N) is 1. The Bertz CT molecular complexity index is 50.6. The smallest absolute Gasteiger partial charge is 0.164 e. The predicted octanol–water partition coefficient (Wildman–Crippen LogP) is -0.115. The van der Waals surface area contributed by atoms with E-state index in [9.17, 15) is 0 Å². The molecule has 1 heterocycles. The van der Waals surface area contributed by atoms with Crippen LogP contribution in [0.25, 0.3) is 0 Å². The van der Waals surface area contributed by atoms with Crippen molar-refractivity contribution in [3.05, 3.63) is 0 Å². The van der Waals surface area contributed by atoms with Crippen LogP contribution in [-0.4, -0.2) is 19.4 Å². The summed E-state index contributed by atoms with van der Waals surface area (Å²) in [6.07, 6.45) is 3.82. The van der Waals surface area contributed by atoms with Gasteiger partial charge in [-0.25, -0.2) is 0 Å². The molecule has 0 saturated carbocycles. The van der Waals surface area contributed by atoms with Gasteiger partial charge in [0.05, 0.1) is 0 Å². The van der Waals surface area contributed by atoms with Crippen molar-refractivity contribution in [2.45, 2.75) is 6.42 Å². The second kappa shape index (κ2) is 1.80. The molecule has 0 atom stereocenters. The van der Waals surface area contributed by atoms with E-state index >= 15 is 0 Å². The van der Waals surface area contributed by atoms with Gasteiger partial charge in [0.25, 0.3) is 0 Å². The molecule has 0 aromatic heterocycles. The van der Waals surface area contributed by atoms with Crippen LogP contribution in [0.2, 0.25) is 0 Å². The molecule has 0 aromatic carbocycles. The molecule has 0 aliphatic carbocycles. The second-order valence-corrected chi connectivity index (χ2v) is 1.27. The minimum Gasteiger partial charge on any atom is -0.367 e. The topological polar surface area (TPSA) is 24.4 Å². The molecule has 0 amide bonds. The maximum atomic E-state index is 3.82. The van der Waals surface area contributed by atoms with Gasteiger partial charge in [-0.05, 0) is 6.42 Å². The largest absolute Gasteiger partial charge is 0.367 e. The Balaban J connectivity index is 2.26. The fraction of sp³-hybridized carbons (Fsp3) is 0.750. The molecule has 0 saturated heterocycles. The average Bonchev–Trinajstić information content (AvgIpc) is 1.72. The first-order chi connectivity index (χ1) is 3.00. The van der Waals surface area contributed by atoms with E-state index < -0.39 is 0 Å². The van der Waals surface area contributed by atoms with Crippen LogP contribution in [0.4, 0.5) is 0 Å². The Morgan fingerprint density at radius 3 is 2.83 bits per heavy atom. The van der Waals surface area contributed by atoms with Crippen LogP contribution in [0.5, 0.6) is 0 Å². The highest BCUT2D eigenvalue weighted by atomic mass is 15.0. The average molecular weight is 83.1 g/mol. The number of rotatable bonds is 0. The van der Waals surface area contributed by atoms with Crippen molar-refractivity contribution in [3.8, 4) is 0 Å². The molecular weight excluding hydrogens is 76.1 g/mol. The molecule has 0 unspecified atom stereocenters. The van der Waals surface area contributed by atoms with Crippen molar-refractivity contribution in [3.63, 3.8) is 0 Å². The fourth-order valence-electron chi connectivity index (χ4n) is 0.414. The Hall–Kier alpha value is -0.530. The van der Waals surface area contributed by atoms with Gasteiger partial charge in [-0.3, -0.25) is 4.99 Å². The molecule has 0 fully saturated rings. The summed E-state index contributed by atoms with van der Waals surface area (Å²) in [7, 11) is 0. The first-order valence-electron chi connectivity index (χ1n) is 2.14. The van der Waals surface area contributed by atoms with Crippen molar-refractivity contribution in [1.29, 1.82) is 0 Å². The first-order valence-corrected chi connectivity index (χ1v) is 2.14. The van der Waals surface area contributed by atoms with Gasteiger partial charge >= 0.3 is 0 Å². The monoisotopic (exact) mass is 83.1 g/mol. The molecule has 6 heavy (non-hydrogen) atoms. The Labute approximate surface area is 37.3 Å². The Morgan fingerprint density at radius 1 is 1.67 bits per heavy atom. The van der Waals surface area contributed by atoms with Gasteiger partial charge in [0, 0.05) is 13.1 Å². The molecular formula is C4H7N2. The second-order valence-electron chi connectivity index (χ2n) is 1.27. The Morgan fingerprint density at radius 2 is 2.67 bits per heavy atom. The first kappa shape index (κ1) is 3.65. The van der Waals surface area contributed by atoms with E-state index in [1.165, 1.54) is 0 Å². The van der Waals surface area contributed by atoms with Gasteiger partial charge in [0.15, 0.2) is 6.34 Å². The van der Waals surface area contributed by atoms with E-state index in [4.69, 9.17) is 0 Å². The van der Waals surface area contributed by atoms with E-state index in [-0.39, 0.29) is 0 Å². The third-order valence-corrected chi connectivity index (χ3v) is 0.730. The van der Waals surface area contributed by atoms with Crippen LogP contribution in [0, 0.1) is 0 Å². The van der Waals surface area contributed by atoms with E-state index in [2.05, 4.69) is 16.6 Å². The van der Waals surface area contributed by atoms with Crippen LogP contribution < -0.4 is 5.32 Å². The van der Waals surface area contributed by atoms with Crippen molar-refractivity contribution in [1.82, 2.24) is 5.32 Å². The van der Waals surface area contributed by atoms with Crippen LogP contribution in [-0.2, 0) is 0 Å². The van der Waals surface area contributed by atoms with Gasteiger partial charge in [-0.2, -0.15) is 0 Å². The minimum atomic E-state index is 0.951. The summed E-state index contributed by atoms with van der Waals surface area (Å²) in [5.41, 5.74) is 0. The normalized spacial score (nSPS) is 20.0. The number of aliphatic imine (C=N–C) groups is 1. The molecule has 1 radical (unpaired) electrons. The third kappa shape index (κ3) is 0.708. The number of hydrogen-bond acceptors (Lipinski definition) is 2. The van der Waals surface area contributed by atoms with Crippen LogP contribution in [0.1, 0.15) is 6.42 Å². The van der Waals surface area contributed by atoms with Gasteiger partial charge < -0.3 is 5.32 Å². The zero-order valence-electron chi connectivity index (χ0n) is 3.57. The lowest BCUT2D eigenvalue weighted by atomic mass is 10.4. The van der Waals surface area contributed by atoms with Crippen molar-refractivity contribution >= 4 is 6.34 Å². The Kier molecular flexibility index (Phi) is 1.10. The summed E-state index contributed by atoms with van der Waals surface area (Å²) < 4.78 is 0. The number of hydrogen-bond donors (Lipinski definition) is 1. The van der Waals surface area contributed by atoms with Crippen molar-refractivity contribution in [2.75, 3.05) is 13.1 Å². The van der Waals surface area contributed by atoms with Gasteiger partial charge in [-0.1, -0.05) is 0 Å². The fourth-order valence-corrected chi connectivity index (χ4v) is 0.414. The zero-order chi connectivity index (χ0) is 4.24. The highest BCUT2D eigenvalue weighted by molar-refractivity contribution is 5.54. The highest BCUT2D eigenvalue weighted by Gasteiger charge is 1.86. The summed E-state index contributed by atoms with van der Waals surface area (Å²) in [4.78, 5) is 3.82. The standard InChI is InChI=1S/C4H7N2/c1-2-5-4-6-3-1/h1-3H2,(H,5,6).